The van der Waals surface area contributed by atoms with Crippen LogP contribution in [0.1, 0.15) is 49.8 Å². The summed E-state index contributed by atoms with van der Waals surface area (Å²) in [5.41, 5.74) is 3.78. The first-order chi connectivity index (χ1) is 16.1. The van der Waals surface area contributed by atoms with Gasteiger partial charge in [-0.25, -0.2) is 4.68 Å². The fourth-order valence-corrected chi connectivity index (χ4v) is 5.14. The smallest absolute Gasteiger partial charge is 0.227 e. The van der Waals surface area contributed by atoms with Crippen LogP contribution in [-0.2, 0) is 11.4 Å². The van der Waals surface area contributed by atoms with Crippen molar-refractivity contribution < 1.29 is 9.53 Å². The number of ketones is 1. The van der Waals surface area contributed by atoms with Crippen molar-refractivity contribution in [2.75, 3.05) is 11.1 Å². The van der Waals surface area contributed by atoms with Crippen molar-refractivity contribution in [2.24, 2.45) is 0 Å². The largest absolute Gasteiger partial charge is 0.489 e. The van der Waals surface area contributed by atoms with Crippen LogP contribution < -0.4 is 10.1 Å². The Morgan fingerprint density at radius 3 is 2.85 bits per heavy atom. The highest BCUT2D eigenvalue weighted by Gasteiger charge is 2.36. The number of carbonyl (C=O) groups excluding carboxylic acids is 1. The van der Waals surface area contributed by atoms with E-state index in [1.54, 1.807) is 11.8 Å². The summed E-state index contributed by atoms with van der Waals surface area (Å²) in [7, 11) is 0. The summed E-state index contributed by atoms with van der Waals surface area (Å²) in [5, 5.41) is 9.56. The average Bonchev–Trinajstić information content (AvgIpc) is 3.23. The molecule has 8 heteroatoms. The molecule has 2 aliphatic rings. The number of nitrogens with zero attached hydrogens (tertiary/aromatic N) is 3. The van der Waals surface area contributed by atoms with Crippen LogP contribution in [0.25, 0.3) is 0 Å². The van der Waals surface area contributed by atoms with E-state index in [0.717, 1.165) is 58.3 Å². The molecular formula is C25H25ClN4O2S. The zero-order valence-corrected chi connectivity index (χ0v) is 20.0. The molecule has 1 aromatic heterocycles. The highest BCUT2D eigenvalue weighted by Crippen LogP contribution is 2.40. The predicted octanol–water partition coefficient (Wildman–Crippen LogP) is 6.03. The van der Waals surface area contributed by atoms with Crippen LogP contribution >= 0.6 is 23.4 Å². The molecule has 0 bridgehead atoms. The number of anilines is 1. The minimum absolute atomic E-state index is 0.180. The lowest BCUT2D eigenvalue weighted by atomic mass is 9.85. The lowest BCUT2D eigenvalue weighted by molar-refractivity contribution is -0.116. The van der Waals surface area contributed by atoms with Gasteiger partial charge in [0.25, 0.3) is 0 Å². The van der Waals surface area contributed by atoms with E-state index >= 15 is 0 Å². The molecule has 0 spiro atoms. The number of fused-ring (bicyclic) bond motifs is 1. The molecule has 170 valence electrons. The number of allylic oxidation sites excluding steroid dienone is 2. The Morgan fingerprint density at radius 1 is 1.21 bits per heavy atom. The highest BCUT2D eigenvalue weighted by atomic mass is 35.5. The third-order valence-corrected chi connectivity index (χ3v) is 7.05. The Bertz CT molecular complexity index is 1210. The van der Waals surface area contributed by atoms with Gasteiger partial charge in [-0.2, -0.15) is 4.98 Å². The van der Waals surface area contributed by atoms with Gasteiger partial charge in [0.2, 0.25) is 11.1 Å². The zero-order chi connectivity index (χ0) is 22.8. The van der Waals surface area contributed by atoms with Crippen LogP contribution in [0.2, 0.25) is 5.02 Å². The second-order valence-electron chi connectivity index (χ2n) is 8.20. The van der Waals surface area contributed by atoms with Crippen LogP contribution in [0.3, 0.4) is 0 Å². The van der Waals surface area contributed by atoms with Gasteiger partial charge in [-0.3, -0.25) is 4.79 Å². The molecular weight excluding hydrogens is 456 g/mol. The molecule has 3 aromatic rings. The lowest BCUT2D eigenvalue weighted by Crippen LogP contribution is -2.31. The minimum Gasteiger partial charge on any atom is -0.489 e. The normalized spacial score (nSPS) is 17.4. The molecule has 1 N–H and O–H groups in total. The van der Waals surface area contributed by atoms with Crippen molar-refractivity contribution in [1.82, 2.24) is 14.8 Å². The molecule has 1 aliphatic heterocycles. The summed E-state index contributed by atoms with van der Waals surface area (Å²) in [5.74, 6) is 2.60. The number of ether oxygens (including phenoxy) is 1. The fourth-order valence-electron chi connectivity index (χ4n) is 4.24. The van der Waals surface area contributed by atoms with Crippen molar-refractivity contribution >= 4 is 35.1 Å². The van der Waals surface area contributed by atoms with Gasteiger partial charge < -0.3 is 10.1 Å². The molecule has 2 heterocycles. The van der Waals surface area contributed by atoms with E-state index in [2.05, 4.69) is 12.2 Å². The number of halogens is 1. The average molecular weight is 481 g/mol. The van der Waals surface area contributed by atoms with Gasteiger partial charge in [0, 0.05) is 28.5 Å². The molecule has 1 unspecified atom stereocenters. The lowest BCUT2D eigenvalue weighted by Gasteiger charge is -2.32. The number of hydrogen-bond acceptors (Lipinski definition) is 6. The molecule has 6 nitrogen and oxygen atoms in total. The quantitative estimate of drug-likeness (QED) is 0.416. The molecule has 5 rings (SSSR count). The van der Waals surface area contributed by atoms with E-state index in [9.17, 15) is 4.79 Å². The van der Waals surface area contributed by atoms with Crippen molar-refractivity contribution in [1.29, 1.82) is 0 Å². The molecule has 0 radical (unpaired) electrons. The number of thioether (sulfide) groups is 1. The summed E-state index contributed by atoms with van der Waals surface area (Å²) >= 11 is 7.70. The maximum absolute atomic E-state index is 13.0. The monoisotopic (exact) mass is 480 g/mol. The Kier molecular flexibility index (Phi) is 6.42. The summed E-state index contributed by atoms with van der Waals surface area (Å²) in [6.07, 6.45) is 3.33. The predicted molar refractivity (Wildman–Crippen MR) is 131 cm³/mol. The van der Waals surface area contributed by atoms with Gasteiger partial charge in [0.1, 0.15) is 18.4 Å². The van der Waals surface area contributed by atoms with E-state index in [1.807, 2.05) is 53.2 Å². The van der Waals surface area contributed by atoms with Crippen LogP contribution in [0.15, 0.2) is 65.0 Å². The maximum atomic E-state index is 13.0. The van der Waals surface area contributed by atoms with Gasteiger partial charge in [-0.15, -0.1) is 5.10 Å². The van der Waals surface area contributed by atoms with Gasteiger partial charge in [0.05, 0.1) is 0 Å². The number of nitrogens with one attached hydrogen (secondary N) is 1. The molecule has 1 aliphatic carbocycles. The first-order valence-corrected chi connectivity index (χ1v) is 12.6. The summed E-state index contributed by atoms with van der Waals surface area (Å²) in [4.78, 5) is 17.6. The van der Waals surface area contributed by atoms with Gasteiger partial charge in [-0.1, -0.05) is 54.6 Å². The standard InChI is InChI=1S/C25H25ClN4O2S/c1-2-13-33-25-28-24-27-20-7-4-8-21(31)22(20)23(30(24)29-25)17-9-11-19(12-10-17)32-15-16-5-3-6-18(26)14-16/h3,5-6,9-12,14,23H,2,4,7-8,13,15H2,1H3,(H,27,28,29). The highest BCUT2D eigenvalue weighted by molar-refractivity contribution is 7.99. The summed E-state index contributed by atoms with van der Waals surface area (Å²) in [6, 6.07) is 15.3. The maximum Gasteiger partial charge on any atom is 0.227 e. The van der Waals surface area contributed by atoms with Crippen LogP contribution in [0.4, 0.5) is 5.95 Å². The van der Waals surface area contributed by atoms with E-state index in [-0.39, 0.29) is 11.8 Å². The van der Waals surface area contributed by atoms with Crippen LogP contribution in [-0.4, -0.2) is 26.3 Å². The Hall–Kier alpha value is -2.77. The van der Waals surface area contributed by atoms with E-state index in [4.69, 9.17) is 26.4 Å². The van der Waals surface area contributed by atoms with Crippen molar-refractivity contribution in [2.45, 2.75) is 50.4 Å². The summed E-state index contributed by atoms with van der Waals surface area (Å²) in [6.45, 7) is 2.57. The zero-order valence-electron chi connectivity index (χ0n) is 18.4. The first kappa shape index (κ1) is 22.0. The molecule has 0 saturated heterocycles. The third-order valence-electron chi connectivity index (χ3n) is 5.77. The van der Waals surface area contributed by atoms with Crippen LogP contribution in [0.5, 0.6) is 5.75 Å². The Balaban J connectivity index is 1.43. The van der Waals surface area contributed by atoms with Crippen LogP contribution in [0, 0.1) is 0 Å². The molecule has 33 heavy (non-hydrogen) atoms. The number of rotatable bonds is 7. The summed E-state index contributed by atoms with van der Waals surface area (Å²) < 4.78 is 7.81. The van der Waals surface area contributed by atoms with Crippen molar-refractivity contribution in [3.8, 4) is 5.75 Å². The second kappa shape index (κ2) is 9.61. The number of Topliss-reactive ketones (excluding diaryl/α,β-unsaturated/α-hetero) is 1. The fraction of sp³-hybridized carbons (Fsp3) is 0.320. The first-order valence-electron chi connectivity index (χ1n) is 11.2. The van der Waals surface area contributed by atoms with Crippen molar-refractivity contribution in [3.63, 3.8) is 0 Å². The van der Waals surface area contributed by atoms with E-state index in [0.29, 0.717) is 24.0 Å². The Morgan fingerprint density at radius 2 is 2.06 bits per heavy atom. The third kappa shape index (κ3) is 4.66. The minimum atomic E-state index is -0.283. The van der Waals surface area contributed by atoms with Gasteiger partial charge >= 0.3 is 0 Å². The molecule has 0 fully saturated rings. The molecule has 1 atom stereocenters. The molecule has 0 saturated carbocycles. The number of benzene rings is 2. The number of aromatic nitrogens is 3. The molecule has 2 aromatic carbocycles. The second-order valence-corrected chi connectivity index (χ2v) is 9.69. The SMILES string of the molecule is CCCSc1nc2n(n1)C(c1ccc(OCc3cccc(Cl)c3)cc1)C1=C(CCCC1=O)N2. The van der Waals surface area contributed by atoms with Gasteiger partial charge in [0.15, 0.2) is 5.78 Å². The topological polar surface area (TPSA) is 69.0 Å². The number of carbonyl (C=O) groups is 1. The van der Waals surface area contributed by atoms with E-state index < -0.39 is 0 Å². The Labute approximate surface area is 202 Å². The molecule has 0 amide bonds. The van der Waals surface area contributed by atoms with E-state index in [1.165, 1.54) is 0 Å². The number of hydrogen-bond donors (Lipinski definition) is 1. The van der Waals surface area contributed by atoms with Crippen molar-refractivity contribution in [3.05, 3.63) is 76.0 Å². The van der Waals surface area contributed by atoms with Gasteiger partial charge in [-0.05, 0) is 54.7 Å².